The summed E-state index contributed by atoms with van der Waals surface area (Å²) in [5.41, 5.74) is 12.6. The van der Waals surface area contributed by atoms with Crippen molar-refractivity contribution in [3.8, 4) is 0 Å². The number of nitrogens with two attached hydrogens (primary N) is 1. The highest BCUT2D eigenvalue weighted by molar-refractivity contribution is 8.93. The zero-order valence-corrected chi connectivity index (χ0v) is 18.4. The minimum atomic E-state index is 0. The Balaban J connectivity index is 0.00000218. The number of anilines is 1. The second-order valence-corrected chi connectivity index (χ2v) is 7.64. The van der Waals surface area contributed by atoms with E-state index in [0.717, 1.165) is 47.4 Å². The Morgan fingerprint density at radius 1 is 1.07 bits per heavy atom. The summed E-state index contributed by atoms with van der Waals surface area (Å²) in [7, 11) is 0. The molecule has 0 bridgehead atoms. The topological polar surface area (TPSA) is 83.7 Å². The van der Waals surface area contributed by atoms with Crippen LogP contribution in [0.1, 0.15) is 41.5 Å². The van der Waals surface area contributed by atoms with Crippen LogP contribution in [0.15, 0.2) is 61.1 Å². The molecule has 0 amide bonds. The molecule has 3 aromatic heterocycles. The number of halogens is 1. The largest absolute Gasteiger partial charge is 0.398 e. The molecule has 1 atom stereocenters. The highest BCUT2D eigenvalue weighted by Crippen LogP contribution is 2.35. The number of imidazole rings is 1. The van der Waals surface area contributed by atoms with Gasteiger partial charge in [-0.15, -0.1) is 17.0 Å². The van der Waals surface area contributed by atoms with Crippen LogP contribution in [0.2, 0.25) is 0 Å². The molecule has 4 aromatic rings. The normalized spacial score (nSPS) is 15.7. The summed E-state index contributed by atoms with van der Waals surface area (Å²) in [6.07, 6.45) is 8.82. The summed E-state index contributed by atoms with van der Waals surface area (Å²) < 4.78 is 0. The Morgan fingerprint density at radius 3 is 2.83 bits per heavy atom. The second-order valence-electron chi connectivity index (χ2n) is 7.64. The van der Waals surface area contributed by atoms with E-state index < -0.39 is 0 Å². The third-order valence-corrected chi connectivity index (χ3v) is 5.71. The van der Waals surface area contributed by atoms with Gasteiger partial charge in [-0.2, -0.15) is 0 Å². The van der Waals surface area contributed by atoms with Crippen molar-refractivity contribution < 1.29 is 0 Å². The van der Waals surface area contributed by atoms with Gasteiger partial charge in [0.2, 0.25) is 0 Å². The monoisotopic (exact) mass is 464 g/mol. The van der Waals surface area contributed by atoms with Crippen LogP contribution in [-0.4, -0.2) is 24.8 Å². The number of aryl methyl sites for hydroxylation is 1. The Kier molecular flexibility index (Phi) is 6.11. The van der Waals surface area contributed by atoms with Crippen molar-refractivity contribution >= 4 is 33.7 Å². The summed E-state index contributed by atoms with van der Waals surface area (Å²) in [5.74, 6) is 0.955. The number of nitrogens with zero attached hydrogens (tertiary/aromatic N) is 4. The van der Waals surface area contributed by atoms with E-state index >= 15 is 0 Å². The standard InChI is InChI=1S/C23H24N6.BrH/c24-18-10-12-25-13-17(18)14-29(15-22-27-19-7-1-2-8-20(19)28-22)21-9-3-5-16-6-4-11-26-23(16)21;/h1-2,4,6-8,10-13,21H,3,5,9,14-15H2,(H2,24,25)(H,27,28);1H. The Hall–Kier alpha value is -2.77. The lowest BCUT2D eigenvalue weighted by Gasteiger charge is -2.34. The van der Waals surface area contributed by atoms with Gasteiger partial charge < -0.3 is 10.7 Å². The number of H-pyrrole nitrogens is 1. The van der Waals surface area contributed by atoms with Crippen molar-refractivity contribution in [2.45, 2.75) is 38.4 Å². The minimum absolute atomic E-state index is 0. The summed E-state index contributed by atoms with van der Waals surface area (Å²) in [6.45, 7) is 1.40. The molecule has 3 N–H and O–H groups in total. The highest BCUT2D eigenvalue weighted by atomic mass is 79.9. The van der Waals surface area contributed by atoms with Gasteiger partial charge in [-0.05, 0) is 49.1 Å². The van der Waals surface area contributed by atoms with E-state index in [2.05, 4.69) is 27.0 Å². The fraction of sp³-hybridized carbons (Fsp3) is 0.261. The van der Waals surface area contributed by atoms with E-state index in [1.54, 1.807) is 6.20 Å². The lowest BCUT2D eigenvalue weighted by Crippen LogP contribution is -2.32. The summed E-state index contributed by atoms with van der Waals surface area (Å²) in [5, 5.41) is 0. The first-order chi connectivity index (χ1) is 14.3. The SMILES string of the molecule is Br.Nc1ccncc1CN(Cc1nc2ccccc2[nH]1)C1CCCc2cccnc21. The first-order valence-corrected chi connectivity index (χ1v) is 10.1. The number of rotatable bonds is 5. The van der Waals surface area contributed by atoms with Gasteiger partial charge in [-0.25, -0.2) is 4.98 Å². The molecule has 5 rings (SSSR count). The van der Waals surface area contributed by atoms with Crippen molar-refractivity contribution in [3.05, 3.63) is 83.7 Å². The lowest BCUT2D eigenvalue weighted by atomic mass is 9.90. The number of aromatic amines is 1. The van der Waals surface area contributed by atoms with Crippen LogP contribution in [0, 0.1) is 0 Å². The summed E-state index contributed by atoms with van der Waals surface area (Å²) in [6, 6.07) is 14.5. The maximum Gasteiger partial charge on any atom is 0.121 e. The molecule has 0 spiro atoms. The third-order valence-electron chi connectivity index (χ3n) is 5.71. The van der Waals surface area contributed by atoms with Crippen LogP contribution in [-0.2, 0) is 19.5 Å². The maximum atomic E-state index is 6.24. The second kappa shape index (κ2) is 8.93. The molecule has 7 heteroatoms. The molecular weight excluding hydrogens is 440 g/mol. The zero-order valence-electron chi connectivity index (χ0n) is 16.7. The molecule has 1 unspecified atom stereocenters. The predicted octanol–water partition coefficient (Wildman–Crippen LogP) is 4.59. The van der Waals surface area contributed by atoms with Crippen LogP contribution >= 0.6 is 17.0 Å². The predicted molar refractivity (Wildman–Crippen MR) is 124 cm³/mol. The average Bonchev–Trinajstić information content (AvgIpc) is 3.17. The smallest absolute Gasteiger partial charge is 0.121 e. The molecule has 0 radical (unpaired) electrons. The van der Waals surface area contributed by atoms with E-state index in [1.807, 2.05) is 42.7 Å². The van der Waals surface area contributed by atoms with Gasteiger partial charge >= 0.3 is 0 Å². The van der Waals surface area contributed by atoms with Gasteiger partial charge in [0.05, 0.1) is 29.3 Å². The fourth-order valence-corrected chi connectivity index (χ4v) is 4.28. The number of nitrogen functional groups attached to an aromatic ring is 1. The van der Waals surface area contributed by atoms with E-state index in [9.17, 15) is 0 Å². The average molecular weight is 465 g/mol. The molecule has 1 aliphatic carbocycles. The molecule has 1 aliphatic rings. The number of hydrogen-bond acceptors (Lipinski definition) is 5. The molecule has 0 aliphatic heterocycles. The van der Waals surface area contributed by atoms with Crippen LogP contribution < -0.4 is 5.73 Å². The molecular formula is C23H25BrN6. The van der Waals surface area contributed by atoms with Crippen molar-refractivity contribution in [2.24, 2.45) is 0 Å². The number of benzene rings is 1. The van der Waals surface area contributed by atoms with Gasteiger partial charge in [0, 0.05) is 36.4 Å². The summed E-state index contributed by atoms with van der Waals surface area (Å²) >= 11 is 0. The van der Waals surface area contributed by atoms with Crippen LogP contribution in [0.4, 0.5) is 5.69 Å². The first kappa shape index (κ1) is 20.5. The Bertz CT molecular complexity index is 1110. The number of para-hydroxylation sites is 2. The molecule has 3 heterocycles. The number of nitrogens with one attached hydrogen (secondary N) is 1. The number of fused-ring (bicyclic) bond motifs is 2. The Morgan fingerprint density at radius 2 is 1.97 bits per heavy atom. The van der Waals surface area contributed by atoms with Crippen molar-refractivity contribution in [1.82, 2.24) is 24.8 Å². The fourth-order valence-electron chi connectivity index (χ4n) is 4.28. The van der Waals surface area contributed by atoms with Crippen molar-refractivity contribution in [1.29, 1.82) is 0 Å². The van der Waals surface area contributed by atoms with Gasteiger partial charge in [0.1, 0.15) is 5.82 Å². The molecule has 0 fully saturated rings. The zero-order chi connectivity index (χ0) is 19.6. The van der Waals surface area contributed by atoms with E-state index in [4.69, 9.17) is 15.7 Å². The van der Waals surface area contributed by atoms with Crippen molar-refractivity contribution in [3.63, 3.8) is 0 Å². The Labute approximate surface area is 186 Å². The number of hydrogen-bond donors (Lipinski definition) is 2. The maximum absolute atomic E-state index is 6.24. The molecule has 0 saturated carbocycles. The van der Waals surface area contributed by atoms with Gasteiger partial charge in [-0.3, -0.25) is 14.9 Å². The number of pyridine rings is 2. The van der Waals surface area contributed by atoms with E-state index in [0.29, 0.717) is 13.1 Å². The van der Waals surface area contributed by atoms with E-state index in [1.165, 1.54) is 11.3 Å². The van der Waals surface area contributed by atoms with Gasteiger partial charge in [0.25, 0.3) is 0 Å². The molecule has 0 saturated heterocycles. The molecule has 154 valence electrons. The lowest BCUT2D eigenvalue weighted by molar-refractivity contribution is 0.153. The molecule has 30 heavy (non-hydrogen) atoms. The van der Waals surface area contributed by atoms with Crippen LogP contribution in [0.25, 0.3) is 11.0 Å². The number of aromatic nitrogens is 4. The third kappa shape index (κ3) is 4.08. The highest BCUT2D eigenvalue weighted by Gasteiger charge is 2.28. The minimum Gasteiger partial charge on any atom is -0.398 e. The van der Waals surface area contributed by atoms with E-state index in [-0.39, 0.29) is 23.0 Å². The summed E-state index contributed by atoms with van der Waals surface area (Å²) in [4.78, 5) is 19.7. The van der Waals surface area contributed by atoms with Crippen LogP contribution in [0.3, 0.4) is 0 Å². The molecule has 1 aromatic carbocycles. The van der Waals surface area contributed by atoms with Gasteiger partial charge in [-0.1, -0.05) is 18.2 Å². The van der Waals surface area contributed by atoms with Crippen molar-refractivity contribution in [2.75, 3.05) is 5.73 Å². The van der Waals surface area contributed by atoms with Gasteiger partial charge in [0.15, 0.2) is 0 Å². The first-order valence-electron chi connectivity index (χ1n) is 10.1. The quantitative estimate of drug-likeness (QED) is 0.451. The molecule has 6 nitrogen and oxygen atoms in total. The van der Waals surface area contributed by atoms with Crippen LogP contribution in [0.5, 0.6) is 0 Å².